The zero-order chi connectivity index (χ0) is 14.8. The lowest BCUT2D eigenvalue weighted by molar-refractivity contribution is 0.252. The van der Waals surface area contributed by atoms with E-state index in [4.69, 9.17) is 0 Å². The van der Waals surface area contributed by atoms with Crippen LogP contribution in [0.2, 0.25) is 0 Å². The molecule has 2 aromatic rings. The van der Waals surface area contributed by atoms with Crippen molar-refractivity contribution >= 4 is 11.8 Å². The quantitative estimate of drug-likeness (QED) is 0.808. The molecule has 2 aromatic carbocycles. The lowest BCUT2D eigenvalue weighted by atomic mass is 10.00. The standard InChI is InChI=1S/C17H17F2NS/c1-20-16-9-5-13-10-12(4-8-15(13)16)11-2-6-14(7-3-11)21-17(18)19/h2-4,6-8,10,16-17,20H,5,9H2,1H3. The van der Waals surface area contributed by atoms with E-state index in [9.17, 15) is 8.78 Å². The summed E-state index contributed by atoms with van der Waals surface area (Å²) in [4.78, 5) is 0.602. The van der Waals surface area contributed by atoms with E-state index in [0.29, 0.717) is 22.7 Å². The Bertz CT molecular complexity index is 625. The van der Waals surface area contributed by atoms with Crippen LogP contribution >= 0.6 is 11.8 Å². The Labute approximate surface area is 127 Å². The Balaban J connectivity index is 1.84. The van der Waals surface area contributed by atoms with Crippen LogP contribution in [0.25, 0.3) is 11.1 Å². The first-order chi connectivity index (χ1) is 10.2. The second-order valence-electron chi connectivity index (χ2n) is 5.20. The molecule has 0 radical (unpaired) electrons. The molecule has 1 unspecified atom stereocenters. The molecular formula is C17H17F2NS. The predicted molar refractivity (Wildman–Crippen MR) is 83.9 cm³/mol. The maximum Gasteiger partial charge on any atom is 0.288 e. The van der Waals surface area contributed by atoms with Gasteiger partial charge in [-0.2, -0.15) is 8.78 Å². The Morgan fingerprint density at radius 2 is 1.81 bits per heavy atom. The summed E-state index contributed by atoms with van der Waals surface area (Å²) in [5.74, 6) is -2.37. The number of fused-ring (bicyclic) bond motifs is 1. The Kier molecular flexibility index (Phi) is 4.27. The molecule has 1 nitrogen and oxygen atoms in total. The fourth-order valence-electron chi connectivity index (χ4n) is 2.93. The van der Waals surface area contributed by atoms with Gasteiger partial charge in [-0.3, -0.25) is 0 Å². The van der Waals surface area contributed by atoms with Crippen LogP contribution in [0.1, 0.15) is 23.6 Å². The molecule has 110 valence electrons. The molecule has 1 aliphatic carbocycles. The Morgan fingerprint density at radius 3 is 2.48 bits per heavy atom. The number of thioether (sulfide) groups is 1. The summed E-state index contributed by atoms with van der Waals surface area (Å²) in [6.45, 7) is 0. The summed E-state index contributed by atoms with van der Waals surface area (Å²) >= 11 is 0.584. The van der Waals surface area contributed by atoms with Gasteiger partial charge in [-0.25, -0.2) is 0 Å². The third-order valence-corrected chi connectivity index (χ3v) is 4.70. The fraction of sp³-hybridized carbons (Fsp3) is 0.294. The molecule has 1 aliphatic rings. The van der Waals surface area contributed by atoms with E-state index in [1.165, 1.54) is 11.1 Å². The van der Waals surface area contributed by atoms with E-state index in [0.717, 1.165) is 24.0 Å². The van der Waals surface area contributed by atoms with Crippen molar-refractivity contribution in [3.8, 4) is 11.1 Å². The highest BCUT2D eigenvalue weighted by atomic mass is 32.2. The van der Waals surface area contributed by atoms with Crippen molar-refractivity contribution in [1.29, 1.82) is 0 Å². The van der Waals surface area contributed by atoms with E-state index in [-0.39, 0.29) is 0 Å². The second-order valence-corrected chi connectivity index (χ2v) is 6.26. The number of hydrogen-bond donors (Lipinski definition) is 1. The lowest BCUT2D eigenvalue weighted by Gasteiger charge is -2.11. The first-order valence-corrected chi connectivity index (χ1v) is 7.90. The third kappa shape index (κ3) is 3.11. The molecule has 1 N–H and O–H groups in total. The van der Waals surface area contributed by atoms with E-state index >= 15 is 0 Å². The zero-order valence-corrected chi connectivity index (χ0v) is 12.6. The van der Waals surface area contributed by atoms with Gasteiger partial charge in [0.15, 0.2) is 0 Å². The Morgan fingerprint density at radius 1 is 1.10 bits per heavy atom. The van der Waals surface area contributed by atoms with Gasteiger partial charge in [-0.05, 0) is 54.3 Å². The van der Waals surface area contributed by atoms with Crippen molar-refractivity contribution in [2.24, 2.45) is 0 Å². The number of nitrogens with one attached hydrogen (secondary N) is 1. The molecule has 0 fully saturated rings. The van der Waals surface area contributed by atoms with Gasteiger partial charge in [-0.15, -0.1) is 0 Å². The van der Waals surface area contributed by atoms with Gasteiger partial charge in [-0.1, -0.05) is 42.1 Å². The van der Waals surface area contributed by atoms with Crippen molar-refractivity contribution in [1.82, 2.24) is 5.32 Å². The summed E-state index contributed by atoms with van der Waals surface area (Å²) < 4.78 is 24.6. The summed E-state index contributed by atoms with van der Waals surface area (Å²) in [7, 11) is 1.99. The number of benzene rings is 2. The highest BCUT2D eigenvalue weighted by Crippen LogP contribution is 2.34. The molecule has 4 heteroatoms. The predicted octanol–water partition coefficient (Wildman–Crippen LogP) is 4.88. The number of alkyl halides is 2. The van der Waals surface area contributed by atoms with Crippen LogP contribution in [0.15, 0.2) is 47.4 Å². The number of hydrogen-bond acceptors (Lipinski definition) is 2. The summed E-state index contributed by atoms with van der Waals surface area (Å²) in [5, 5.41) is 3.33. The molecule has 21 heavy (non-hydrogen) atoms. The largest absolute Gasteiger partial charge is 0.313 e. The van der Waals surface area contributed by atoms with E-state index in [1.807, 2.05) is 19.2 Å². The van der Waals surface area contributed by atoms with Gasteiger partial charge in [0, 0.05) is 10.9 Å². The van der Waals surface area contributed by atoms with E-state index in [2.05, 4.69) is 23.5 Å². The molecule has 0 bridgehead atoms. The highest BCUT2D eigenvalue weighted by Gasteiger charge is 2.20. The van der Waals surface area contributed by atoms with Gasteiger partial charge in [0.25, 0.3) is 5.76 Å². The monoisotopic (exact) mass is 305 g/mol. The minimum atomic E-state index is -2.37. The summed E-state index contributed by atoms with van der Waals surface area (Å²) in [6, 6.07) is 14.3. The van der Waals surface area contributed by atoms with Gasteiger partial charge >= 0.3 is 0 Å². The lowest BCUT2D eigenvalue weighted by Crippen LogP contribution is -2.12. The molecule has 0 saturated carbocycles. The summed E-state index contributed by atoms with van der Waals surface area (Å²) in [5.41, 5.74) is 4.99. The molecule has 3 rings (SSSR count). The van der Waals surface area contributed by atoms with Crippen molar-refractivity contribution in [2.75, 3.05) is 7.05 Å². The van der Waals surface area contributed by atoms with Gasteiger partial charge in [0.1, 0.15) is 0 Å². The van der Waals surface area contributed by atoms with Gasteiger partial charge < -0.3 is 5.32 Å². The average Bonchev–Trinajstić information content (AvgIpc) is 2.89. The van der Waals surface area contributed by atoms with Crippen molar-refractivity contribution < 1.29 is 8.78 Å². The van der Waals surface area contributed by atoms with Crippen LogP contribution in [0.4, 0.5) is 8.78 Å². The molecule has 0 spiro atoms. The minimum absolute atomic E-state index is 0.457. The topological polar surface area (TPSA) is 12.0 Å². The summed E-state index contributed by atoms with van der Waals surface area (Å²) in [6.07, 6.45) is 2.23. The highest BCUT2D eigenvalue weighted by molar-refractivity contribution is 7.99. The number of rotatable bonds is 4. The van der Waals surface area contributed by atoms with Crippen molar-refractivity contribution in [3.63, 3.8) is 0 Å². The Hall–Kier alpha value is -1.39. The van der Waals surface area contributed by atoms with Crippen molar-refractivity contribution in [2.45, 2.75) is 29.5 Å². The molecule has 0 amide bonds. The van der Waals surface area contributed by atoms with Crippen LogP contribution < -0.4 is 5.32 Å². The number of halogens is 2. The van der Waals surface area contributed by atoms with E-state index < -0.39 is 5.76 Å². The molecule has 0 heterocycles. The van der Waals surface area contributed by atoms with Crippen LogP contribution in [0.3, 0.4) is 0 Å². The van der Waals surface area contributed by atoms with Crippen LogP contribution in [0.5, 0.6) is 0 Å². The first-order valence-electron chi connectivity index (χ1n) is 7.02. The van der Waals surface area contributed by atoms with Gasteiger partial charge in [0.2, 0.25) is 0 Å². The van der Waals surface area contributed by atoms with Crippen molar-refractivity contribution in [3.05, 3.63) is 53.6 Å². The molecular weight excluding hydrogens is 288 g/mol. The second kappa shape index (κ2) is 6.16. The maximum absolute atomic E-state index is 12.3. The van der Waals surface area contributed by atoms with Gasteiger partial charge in [0.05, 0.1) is 0 Å². The number of aryl methyl sites for hydroxylation is 1. The first kappa shape index (κ1) is 14.5. The third-order valence-electron chi connectivity index (χ3n) is 3.98. The smallest absolute Gasteiger partial charge is 0.288 e. The SMILES string of the molecule is CNC1CCc2cc(-c3ccc(SC(F)F)cc3)ccc21. The molecule has 0 aromatic heterocycles. The normalized spacial score (nSPS) is 17.2. The molecule has 1 atom stereocenters. The van der Waals surface area contributed by atoms with Crippen LogP contribution in [-0.4, -0.2) is 12.8 Å². The zero-order valence-electron chi connectivity index (χ0n) is 11.8. The van der Waals surface area contributed by atoms with E-state index in [1.54, 1.807) is 12.1 Å². The fourth-order valence-corrected chi connectivity index (χ4v) is 3.42. The maximum atomic E-state index is 12.3. The minimum Gasteiger partial charge on any atom is -0.313 e. The van der Waals surface area contributed by atoms with Crippen LogP contribution in [-0.2, 0) is 6.42 Å². The molecule has 0 aliphatic heterocycles. The molecule has 0 saturated heterocycles. The average molecular weight is 305 g/mol. The van der Waals surface area contributed by atoms with Crippen LogP contribution in [0, 0.1) is 0 Å².